The molecule has 1 heterocycles. The number of amides is 1. The normalized spacial score (nSPS) is 31.4. The highest BCUT2D eigenvalue weighted by atomic mass is 35.5. The number of fused-ring (bicyclic) bond motifs is 2. The summed E-state index contributed by atoms with van der Waals surface area (Å²) in [6, 6.07) is 5.80. The second kappa shape index (κ2) is 7.37. The molecule has 1 amide bonds. The molecule has 4 rings (SSSR count). The summed E-state index contributed by atoms with van der Waals surface area (Å²) in [6.45, 7) is 4.10. The largest absolute Gasteiger partial charge is 0.496 e. The Labute approximate surface area is 160 Å². The molecule has 2 saturated carbocycles. The Morgan fingerprint density at radius 2 is 1.96 bits per heavy atom. The van der Waals surface area contributed by atoms with E-state index in [1.807, 2.05) is 23.1 Å². The van der Waals surface area contributed by atoms with E-state index in [9.17, 15) is 4.79 Å². The lowest BCUT2D eigenvalue weighted by atomic mass is 9.84. The summed E-state index contributed by atoms with van der Waals surface area (Å²) in [5.41, 5.74) is 7.46. The van der Waals surface area contributed by atoms with Gasteiger partial charge in [0, 0.05) is 49.4 Å². The SMILES string of the molecule is COc1ccc(Cl)cc1CN1CCN(C(=O)C2C3CCC(C3)C2N)CC1. The molecule has 2 N–H and O–H groups in total. The molecule has 2 aliphatic carbocycles. The van der Waals surface area contributed by atoms with Gasteiger partial charge < -0.3 is 15.4 Å². The smallest absolute Gasteiger partial charge is 0.227 e. The predicted octanol–water partition coefficient (Wildman–Crippen LogP) is 2.37. The highest BCUT2D eigenvalue weighted by Gasteiger charge is 2.50. The van der Waals surface area contributed by atoms with E-state index in [0.717, 1.165) is 55.5 Å². The van der Waals surface area contributed by atoms with Gasteiger partial charge in [0.25, 0.3) is 0 Å². The number of carbonyl (C=O) groups excluding carboxylic acids is 1. The summed E-state index contributed by atoms with van der Waals surface area (Å²) in [4.78, 5) is 17.4. The van der Waals surface area contributed by atoms with Crippen LogP contribution in [0, 0.1) is 17.8 Å². The third-order valence-corrected chi connectivity index (χ3v) is 6.82. The number of benzene rings is 1. The van der Waals surface area contributed by atoms with Crippen LogP contribution in [0.25, 0.3) is 0 Å². The Morgan fingerprint density at radius 1 is 1.23 bits per heavy atom. The van der Waals surface area contributed by atoms with Gasteiger partial charge in [-0.25, -0.2) is 0 Å². The molecular formula is C20H28ClN3O2. The minimum absolute atomic E-state index is 0.0633. The Kier molecular flexibility index (Phi) is 5.13. The topological polar surface area (TPSA) is 58.8 Å². The molecular weight excluding hydrogens is 350 g/mol. The van der Waals surface area contributed by atoms with Crippen molar-refractivity contribution < 1.29 is 9.53 Å². The molecule has 3 aliphatic rings. The van der Waals surface area contributed by atoms with Crippen LogP contribution in [0.5, 0.6) is 5.75 Å². The molecule has 0 spiro atoms. The highest BCUT2D eigenvalue weighted by molar-refractivity contribution is 6.30. The monoisotopic (exact) mass is 377 g/mol. The van der Waals surface area contributed by atoms with Crippen LogP contribution < -0.4 is 10.5 Å². The summed E-state index contributed by atoms with van der Waals surface area (Å²) < 4.78 is 5.45. The molecule has 0 aromatic heterocycles. The van der Waals surface area contributed by atoms with E-state index in [1.165, 1.54) is 12.8 Å². The van der Waals surface area contributed by atoms with Gasteiger partial charge in [0.1, 0.15) is 5.75 Å². The third-order valence-electron chi connectivity index (χ3n) is 6.59. The first-order chi connectivity index (χ1) is 12.6. The Balaban J connectivity index is 1.34. The summed E-state index contributed by atoms with van der Waals surface area (Å²) in [6.07, 6.45) is 3.56. The molecule has 26 heavy (non-hydrogen) atoms. The van der Waals surface area contributed by atoms with E-state index >= 15 is 0 Å². The lowest BCUT2D eigenvalue weighted by molar-refractivity contribution is -0.139. The Bertz CT molecular complexity index is 673. The molecule has 1 aliphatic heterocycles. The number of piperazine rings is 1. The van der Waals surface area contributed by atoms with Crippen LogP contribution in [0.3, 0.4) is 0 Å². The molecule has 4 atom stereocenters. The van der Waals surface area contributed by atoms with Crippen molar-refractivity contribution in [3.05, 3.63) is 28.8 Å². The van der Waals surface area contributed by atoms with Crippen molar-refractivity contribution >= 4 is 17.5 Å². The number of nitrogens with zero attached hydrogens (tertiary/aromatic N) is 2. The lowest BCUT2D eigenvalue weighted by Gasteiger charge is -2.38. The van der Waals surface area contributed by atoms with Crippen LogP contribution in [-0.4, -0.2) is 55.0 Å². The van der Waals surface area contributed by atoms with E-state index in [1.54, 1.807) is 7.11 Å². The quantitative estimate of drug-likeness (QED) is 0.875. The van der Waals surface area contributed by atoms with Crippen molar-refractivity contribution in [2.45, 2.75) is 31.8 Å². The number of hydrogen-bond donors (Lipinski definition) is 1. The van der Waals surface area contributed by atoms with Crippen LogP contribution in [-0.2, 0) is 11.3 Å². The number of hydrogen-bond acceptors (Lipinski definition) is 4. The molecule has 142 valence electrons. The van der Waals surface area contributed by atoms with Gasteiger partial charge in [-0.2, -0.15) is 0 Å². The zero-order chi connectivity index (χ0) is 18.3. The maximum Gasteiger partial charge on any atom is 0.227 e. The third kappa shape index (κ3) is 3.32. The van der Waals surface area contributed by atoms with Gasteiger partial charge in [-0.1, -0.05) is 11.6 Å². The minimum atomic E-state index is 0.0633. The average Bonchev–Trinajstić information content (AvgIpc) is 3.23. The van der Waals surface area contributed by atoms with E-state index in [2.05, 4.69) is 4.90 Å². The zero-order valence-electron chi connectivity index (χ0n) is 15.4. The molecule has 2 bridgehead atoms. The Morgan fingerprint density at radius 3 is 2.62 bits per heavy atom. The van der Waals surface area contributed by atoms with E-state index in [-0.39, 0.29) is 12.0 Å². The molecule has 0 radical (unpaired) electrons. The fraction of sp³-hybridized carbons (Fsp3) is 0.650. The Hall–Kier alpha value is -1.30. The van der Waals surface area contributed by atoms with E-state index in [0.29, 0.717) is 17.7 Å². The molecule has 1 aromatic rings. The summed E-state index contributed by atoms with van der Waals surface area (Å²) in [5.74, 6) is 2.32. The number of rotatable bonds is 4. The van der Waals surface area contributed by atoms with Gasteiger partial charge in [0.05, 0.1) is 13.0 Å². The zero-order valence-corrected chi connectivity index (χ0v) is 16.1. The highest BCUT2D eigenvalue weighted by Crippen LogP contribution is 2.48. The first-order valence-electron chi connectivity index (χ1n) is 9.66. The lowest BCUT2D eigenvalue weighted by Crippen LogP contribution is -2.53. The van der Waals surface area contributed by atoms with Gasteiger partial charge >= 0.3 is 0 Å². The fourth-order valence-electron chi connectivity index (χ4n) is 5.15. The van der Waals surface area contributed by atoms with Crippen LogP contribution in [0.4, 0.5) is 0 Å². The summed E-state index contributed by atoms with van der Waals surface area (Å²) in [5, 5.41) is 0.722. The van der Waals surface area contributed by atoms with Gasteiger partial charge in [-0.05, 0) is 49.3 Å². The van der Waals surface area contributed by atoms with Crippen LogP contribution in [0.1, 0.15) is 24.8 Å². The van der Waals surface area contributed by atoms with Gasteiger partial charge in [-0.15, -0.1) is 0 Å². The van der Waals surface area contributed by atoms with Gasteiger partial charge in [-0.3, -0.25) is 9.69 Å². The average molecular weight is 378 g/mol. The van der Waals surface area contributed by atoms with Gasteiger partial charge in [0.2, 0.25) is 5.91 Å². The van der Waals surface area contributed by atoms with Crippen molar-refractivity contribution in [3.8, 4) is 5.75 Å². The summed E-state index contributed by atoms with van der Waals surface area (Å²) in [7, 11) is 1.68. The number of halogens is 1. The fourth-order valence-corrected chi connectivity index (χ4v) is 5.35. The second-order valence-corrected chi connectivity index (χ2v) is 8.43. The van der Waals surface area contributed by atoms with Crippen molar-refractivity contribution in [2.75, 3.05) is 33.3 Å². The van der Waals surface area contributed by atoms with Crippen LogP contribution >= 0.6 is 11.6 Å². The number of methoxy groups -OCH3 is 1. The first-order valence-corrected chi connectivity index (χ1v) is 10.0. The molecule has 4 unspecified atom stereocenters. The van der Waals surface area contributed by atoms with Crippen molar-refractivity contribution in [3.63, 3.8) is 0 Å². The number of nitrogens with two attached hydrogens (primary N) is 1. The molecule has 1 saturated heterocycles. The standard InChI is InChI=1S/C20H28ClN3O2/c1-26-17-5-4-16(21)11-15(17)12-23-6-8-24(9-7-23)20(25)18-13-2-3-14(10-13)19(18)22/h4-5,11,13-14,18-19H,2-3,6-10,12,22H2,1H3. The molecule has 5 nitrogen and oxygen atoms in total. The van der Waals surface area contributed by atoms with Crippen molar-refractivity contribution in [1.29, 1.82) is 0 Å². The van der Waals surface area contributed by atoms with E-state index in [4.69, 9.17) is 22.1 Å². The van der Waals surface area contributed by atoms with Crippen molar-refractivity contribution in [2.24, 2.45) is 23.5 Å². The predicted molar refractivity (Wildman–Crippen MR) is 102 cm³/mol. The molecule has 6 heteroatoms. The first kappa shape index (κ1) is 18.1. The van der Waals surface area contributed by atoms with Crippen LogP contribution in [0.2, 0.25) is 5.02 Å². The number of ether oxygens (including phenoxy) is 1. The second-order valence-electron chi connectivity index (χ2n) is 7.99. The maximum atomic E-state index is 13.0. The maximum absolute atomic E-state index is 13.0. The number of carbonyl (C=O) groups is 1. The van der Waals surface area contributed by atoms with Gasteiger partial charge in [0.15, 0.2) is 0 Å². The molecule has 3 fully saturated rings. The summed E-state index contributed by atoms with van der Waals surface area (Å²) >= 11 is 6.13. The van der Waals surface area contributed by atoms with Crippen molar-refractivity contribution in [1.82, 2.24) is 9.80 Å². The molecule has 1 aromatic carbocycles. The minimum Gasteiger partial charge on any atom is -0.496 e. The van der Waals surface area contributed by atoms with E-state index < -0.39 is 0 Å². The van der Waals surface area contributed by atoms with Crippen LogP contribution in [0.15, 0.2) is 18.2 Å².